The largest absolute Gasteiger partial charge is 0.378 e. The molecule has 6 heteroatoms. The van der Waals surface area contributed by atoms with E-state index < -0.39 is 0 Å². The van der Waals surface area contributed by atoms with Crippen molar-refractivity contribution in [3.05, 3.63) is 16.1 Å². The van der Waals surface area contributed by atoms with Crippen molar-refractivity contribution in [1.82, 2.24) is 15.2 Å². The molecule has 1 aliphatic carbocycles. The van der Waals surface area contributed by atoms with Crippen LogP contribution < -0.4 is 5.32 Å². The number of nitrogens with zero attached hydrogens (tertiary/aromatic N) is 3. The van der Waals surface area contributed by atoms with Gasteiger partial charge in [-0.1, -0.05) is 19.8 Å². The first-order valence-electron chi connectivity index (χ1n) is 10.4. The maximum Gasteiger partial charge on any atom is 0.194 e. The van der Waals surface area contributed by atoms with Gasteiger partial charge in [-0.3, -0.25) is 0 Å². The van der Waals surface area contributed by atoms with E-state index in [1.807, 2.05) is 0 Å². The van der Waals surface area contributed by atoms with E-state index in [-0.39, 0.29) is 0 Å². The molecule has 3 rings (SSSR count). The number of likely N-dealkylation sites (tertiary alicyclic amines) is 1. The fourth-order valence-corrected chi connectivity index (χ4v) is 4.59. The summed E-state index contributed by atoms with van der Waals surface area (Å²) in [6.07, 6.45) is 9.17. The summed E-state index contributed by atoms with van der Waals surface area (Å²) >= 11 is 1.74. The van der Waals surface area contributed by atoms with Crippen LogP contribution >= 0.6 is 11.3 Å². The Morgan fingerprint density at radius 2 is 2.04 bits per heavy atom. The van der Waals surface area contributed by atoms with E-state index in [0.717, 1.165) is 63.1 Å². The van der Waals surface area contributed by atoms with Crippen molar-refractivity contribution in [2.24, 2.45) is 10.9 Å². The summed E-state index contributed by atoms with van der Waals surface area (Å²) in [5.41, 5.74) is 1.08. The molecule has 5 nitrogen and oxygen atoms in total. The van der Waals surface area contributed by atoms with Gasteiger partial charge in [-0.05, 0) is 44.9 Å². The van der Waals surface area contributed by atoms with E-state index >= 15 is 0 Å². The smallest absolute Gasteiger partial charge is 0.194 e. The fourth-order valence-electron chi connectivity index (χ4n) is 3.85. The van der Waals surface area contributed by atoms with E-state index in [1.165, 1.54) is 30.7 Å². The number of aryl methyl sites for hydroxylation is 1. The van der Waals surface area contributed by atoms with Crippen molar-refractivity contribution in [2.75, 3.05) is 26.2 Å². The van der Waals surface area contributed by atoms with Crippen LogP contribution in [-0.4, -0.2) is 48.2 Å². The number of ether oxygens (including phenoxy) is 1. The minimum absolute atomic E-state index is 0.431. The Bertz CT molecular complexity index is 560. The quantitative estimate of drug-likeness (QED) is 0.578. The van der Waals surface area contributed by atoms with Crippen LogP contribution in [0.4, 0.5) is 0 Å². The summed E-state index contributed by atoms with van der Waals surface area (Å²) in [5, 5.41) is 6.77. The van der Waals surface area contributed by atoms with Gasteiger partial charge in [0.2, 0.25) is 0 Å². The third-order valence-corrected chi connectivity index (χ3v) is 6.45. The summed E-state index contributed by atoms with van der Waals surface area (Å²) < 4.78 is 6.20. The van der Waals surface area contributed by atoms with Crippen LogP contribution in [0.25, 0.3) is 0 Å². The zero-order chi connectivity index (χ0) is 18.2. The lowest BCUT2D eigenvalue weighted by molar-refractivity contribution is 0.00101. The third-order valence-electron chi connectivity index (χ3n) is 5.41. The predicted molar refractivity (Wildman–Crippen MR) is 109 cm³/mol. The number of piperidine rings is 1. The molecular formula is C20H34N4OS. The molecule has 0 bridgehead atoms. The number of hydrogen-bond acceptors (Lipinski definition) is 4. The molecule has 146 valence electrons. The highest BCUT2D eigenvalue weighted by Crippen LogP contribution is 2.26. The number of guanidine groups is 1. The van der Waals surface area contributed by atoms with Crippen molar-refractivity contribution < 1.29 is 4.74 Å². The van der Waals surface area contributed by atoms with Gasteiger partial charge < -0.3 is 15.0 Å². The molecule has 1 saturated carbocycles. The number of hydrogen-bond donors (Lipinski definition) is 1. The number of nitrogens with one attached hydrogen (secondary N) is 1. The summed E-state index contributed by atoms with van der Waals surface area (Å²) in [5.74, 6) is 1.84. The molecule has 26 heavy (non-hydrogen) atoms. The number of aromatic nitrogens is 1. The standard InChI is InChI=1S/C20H34N4OS/c1-3-19-23-17(15-26-19)13-22-20(21-4-2)24-11-9-18(10-12-24)25-14-16-7-5-6-8-16/h15-16,18H,3-14H2,1-2H3,(H,21,22). The highest BCUT2D eigenvalue weighted by atomic mass is 32.1. The summed E-state index contributed by atoms with van der Waals surface area (Å²) in [4.78, 5) is 11.8. The van der Waals surface area contributed by atoms with Crippen LogP contribution in [0.5, 0.6) is 0 Å². The first-order valence-corrected chi connectivity index (χ1v) is 11.2. The first kappa shape index (κ1) is 19.6. The minimum atomic E-state index is 0.431. The van der Waals surface area contributed by atoms with Crippen molar-refractivity contribution >= 4 is 17.3 Å². The second-order valence-corrected chi connectivity index (χ2v) is 8.37. The lowest BCUT2D eigenvalue weighted by atomic mass is 10.1. The van der Waals surface area contributed by atoms with E-state index in [0.29, 0.717) is 12.6 Å². The Morgan fingerprint density at radius 3 is 2.69 bits per heavy atom. The molecule has 2 aliphatic rings. The normalized spacial score (nSPS) is 20.1. The molecule has 1 saturated heterocycles. The number of rotatable bonds is 7. The molecule has 0 radical (unpaired) electrons. The molecular weight excluding hydrogens is 344 g/mol. The van der Waals surface area contributed by atoms with Gasteiger partial charge in [-0.2, -0.15) is 0 Å². The van der Waals surface area contributed by atoms with E-state index in [9.17, 15) is 0 Å². The summed E-state index contributed by atoms with van der Waals surface area (Å²) in [6, 6.07) is 0. The van der Waals surface area contributed by atoms with Crippen LogP contribution in [0, 0.1) is 5.92 Å². The van der Waals surface area contributed by atoms with Gasteiger partial charge >= 0.3 is 0 Å². The minimum Gasteiger partial charge on any atom is -0.378 e. The zero-order valence-corrected chi connectivity index (χ0v) is 17.2. The Morgan fingerprint density at radius 1 is 1.27 bits per heavy atom. The highest BCUT2D eigenvalue weighted by molar-refractivity contribution is 7.09. The van der Waals surface area contributed by atoms with Crippen LogP contribution in [0.2, 0.25) is 0 Å². The van der Waals surface area contributed by atoms with Crippen molar-refractivity contribution in [1.29, 1.82) is 0 Å². The van der Waals surface area contributed by atoms with Gasteiger partial charge in [-0.25, -0.2) is 9.98 Å². The maximum absolute atomic E-state index is 6.20. The van der Waals surface area contributed by atoms with Crippen LogP contribution in [-0.2, 0) is 17.7 Å². The SMILES string of the molecule is CCNC(=NCc1csc(CC)n1)N1CCC(OCC2CCCC2)CC1. The van der Waals surface area contributed by atoms with Crippen LogP contribution in [0.15, 0.2) is 10.4 Å². The molecule has 0 atom stereocenters. The molecule has 2 heterocycles. The van der Waals surface area contributed by atoms with Gasteiger partial charge in [0.05, 0.1) is 23.4 Å². The molecule has 0 aromatic carbocycles. The van der Waals surface area contributed by atoms with Gasteiger partial charge in [0.15, 0.2) is 5.96 Å². The average Bonchev–Trinajstić information content (AvgIpc) is 3.35. The second-order valence-electron chi connectivity index (χ2n) is 7.43. The molecule has 0 unspecified atom stereocenters. The van der Waals surface area contributed by atoms with Gasteiger partial charge in [0.1, 0.15) is 0 Å². The molecule has 1 N–H and O–H groups in total. The van der Waals surface area contributed by atoms with Crippen molar-refractivity contribution in [2.45, 2.75) is 71.4 Å². The Labute approximate surface area is 162 Å². The third kappa shape index (κ3) is 5.68. The van der Waals surface area contributed by atoms with E-state index in [4.69, 9.17) is 9.73 Å². The molecule has 0 amide bonds. The van der Waals surface area contributed by atoms with E-state index in [1.54, 1.807) is 11.3 Å². The molecule has 0 spiro atoms. The highest BCUT2D eigenvalue weighted by Gasteiger charge is 2.23. The predicted octanol–water partition coefficient (Wildman–Crippen LogP) is 3.84. The van der Waals surface area contributed by atoms with E-state index in [2.05, 4.69) is 34.4 Å². The molecule has 1 aliphatic heterocycles. The number of thiazole rings is 1. The van der Waals surface area contributed by atoms with Gasteiger partial charge in [0.25, 0.3) is 0 Å². The average molecular weight is 379 g/mol. The summed E-state index contributed by atoms with van der Waals surface area (Å²) in [6.45, 7) is 8.87. The Hall–Kier alpha value is -1.14. The maximum atomic E-state index is 6.20. The lowest BCUT2D eigenvalue weighted by Crippen LogP contribution is -2.47. The van der Waals surface area contributed by atoms with Crippen LogP contribution in [0.1, 0.15) is 63.1 Å². The Kier molecular flexibility index (Phi) is 7.74. The zero-order valence-electron chi connectivity index (χ0n) is 16.4. The molecule has 2 fully saturated rings. The number of aliphatic imine (C=N–C) groups is 1. The van der Waals surface area contributed by atoms with Crippen molar-refractivity contribution in [3.63, 3.8) is 0 Å². The van der Waals surface area contributed by atoms with Gasteiger partial charge in [0, 0.05) is 31.6 Å². The monoisotopic (exact) mass is 378 g/mol. The first-order chi connectivity index (χ1) is 12.8. The summed E-state index contributed by atoms with van der Waals surface area (Å²) in [7, 11) is 0. The molecule has 1 aromatic heterocycles. The molecule has 1 aromatic rings. The Balaban J connectivity index is 1.46. The fraction of sp³-hybridized carbons (Fsp3) is 0.800. The van der Waals surface area contributed by atoms with Gasteiger partial charge in [-0.15, -0.1) is 11.3 Å². The second kappa shape index (κ2) is 10.3. The topological polar surface area (TPSA) is 49.8 Å². The van der Waals surface area contributed by atoms with Crippen molar-refractivity contribution in [3.8, 4) is 0 Å². The lowest BCUT2D eigenvalue weighted by Gasteiger charge is -2.34. The van der Waals surface area contributed by atoms with Crippen LogP contribution in [0.3, 0.4) is 0 Å².